The summed E-state index contributed by atoms with van der Waals surface area (Å²) in [5.41, 5.74) is 0. The van der Waals surface area contributed by atoms with E-state index in [1.54, 1.807) is 4.90 Å². The van der Waals surface area contributed by atoms with Crippen LogP contribution in [-0.4, -0.2) is 66.2 Å². The van der Waals surface area contributed by atoms with Crippen molar-refractivity contribution in [2.75, 3.05) is 33.2 Å². The van der Waals surface area contributed by atoms with Gasteiger partial charge in [0, 0.05) is 32.2 Å². The molecule has 0 spiro atoms. The molecule has 2 N–H and O–H groups in total. The average Bonchev–Trinajstić information content (AvgIpc) is 2.79. The number of rotatable bonds is 6. The second kappa shape index (κ2) is 7.47. The maximum Gasteiger partial charge on any atom is 0.317 e. The summed E-state index contributed by atoms with van der Waals surface area (Å²) >= 11 is 0. The van der Waals surface area contributed by atoms with Crippen LogP contribution in [0.1, 0.15) is 27.2 Å². The second-order valence-corrected chi connectivity index (χ2v) is 5.80. The fraction of sp³-hybridized carbons (Fsp3) is 0.857. The van der Waals surface area contributed by atoms with Crippen molar-refractivity contribution < 1.29 is 14.7 Å². The first-order valence-corrected chi connectivity index (χ1v) is 7.32. The molecular formula is C14H27N3O3. The van der Waals surface area contributed by atoms with Crippen LogP contribution >= 0.6 is 0 Å². The molecule has 0 bridgehead atoms. The van der Waals surface area contributed by atoms with Gasteiger partial charge in [0.25, 0.3) is 0 Å². The molecule has 0 radical (unpaired) electrons. The van der Waals surface area contributed by atoms with Gasteiger partial charge in [0.15, 0.2) is 0 Å². The Labute approximate surface area is 121 Å². The Morgan fingerprint density at radius 1 is 1.45 bits per heavy atom. The molecule has 3 atom stereocenters. The molecule has 0 aliphatic carbocycles. The van der Waals surface area contributed by atoms with Crippen molar-refractivity contribution in [3.8, 4) is 0 Å². The van der Waals surface area contributed by atoms with Crippen molar-refractivity contribution in [2.45, 2.75) is 33.2 Å². The molecule has 1 saturated heterocycles. The zero-order valence-electron chi connectivity index (χ0n) is 12.9. The number of carbonyl (C=O) groups excluding carboxylic acids is 1. The smallest absolute Gasteiger partial charge is 0.317 e. The quantitative estimate of drug-likeness (QED) is 0.766. The molecule has 116 valence electrons. The number of carboxylic acids is 1. The lowest BCUT2D eigenvalue weighted by molar-refractivity contribution is -0.142. The number of nitrogens with one attached hydrogen (secondary N) is 1. The van der Waals surface area contributed by atoms with Crippen molar-refractivity contribution in [1.29, 1.82) is 0 Å². The van der Waals surface area contributed by atoms with Crippen LogP contribution in [0, 0.1) is 11.8 Å². The molecule has 0 saturated carbocycles. The van der Waals surface area contributed by atoms with Gasteiger partial charge in [-0.05, 0) is 26.3 Å². The highest BCUT2D eigenvalue weighted by molar-refractivity contribution is 5.77. The molecule has 1 aliphatic heterocycles. The standard InChI is InChI=1S/C14H27N3O3/c1-5-11(3)16(4)7-6-15-14(20)17-8-10(2)12(9-17)13(18)19/h10-12H,5-9H2,1-4H3,(H,15,20)(H,18,19)/t10-,11?,12-/m1/s1. The first kappa shape index (κ1) is 16.8. The van der Waals surface area contributed by atoms with E-state index >= 15 is 0 Å². The number of carbonyl (C=O) groups is 2. The molecule has 1 rings (SSSR count). The molecule has 20 heavy (non-hydrogen) atoms. The fourth-order valence-electron chi connectivity index (χ4n) is 2.44. The zero-order valence-corrected chi connectivity index (χ0v) is 12.9. The minimum Gasteiger partial charge on any atom is -0.481 e. The number of likely N-dealkylation sites (N-methyl/N-ethyl adjacent to an activating group) is 1. The summed E-state index contributed by atoms with van der Waals surface area (Å²) in [6.07, 6.45) is 1.08. The molecule has 6 heteroatoms. The lowest BCUT2D eigenvalue weighted by Gasteiger charge is -2.24. The van der Waals surface area contributed by atoms with E-state index < -0.39 is 11.9 Å². The van der Waals surface area contributed by atoms with E-state index in [0.717, 1.165) is 13.0 Å². The van der Waals surface area contributed by atoms with Crippen LogP contribution in [0.5, 0.6) is 0 Å². The number of carboxylic acid groups (broad SMARTS) is 1. The molecule has 1 heterocycles. The molecule has 1 aliphatic rings. The van der Waals surface area contributed by atoms with Crippen LogP contribution in [0.2, 0.25) is 0 Å². The third kappa shape index (κ3) is 4.37. The molecule has 0 aromatic heterocycles. The summed E-state index contributed by atoms with van der Waals surface area (Å²) in [6, 6.07) is 0.341. The second-order valence-electron chi connectivity index (χ2n) is 5.80. The molecular weight excluding hydrogens is 258 g/mol. The lowest BCUT2D eigenvalue weighted by Crippen LogP contribution is -2.43. The highest BCUT2D eigenvalue weighted by Gasteiger charge is 2.36. The van der Waals surface area contributed by atoms with Crippen molar-refractivity contribution in [3.05, 3.63) is 0 Å². The number of nitrogens with zero attached hydrogens (tertiary/aromatic N) is 2. The van der Waals surface area contributed by atoms with Gasteiger partial charge in [0.05, 0.1) is 5.92 Å². The molecule has 1 fully saturated rings. The fourth-order valence-corrected chi connectivity index (χ4v) is 2.44. The predicted octanol–water partition coefficient (Wildman–Crippen LogP) is 1.08. The van der Waals surface area contributed by atoms with Crippen molar-refractivity contribution in [1.82, 2.24) is 15.1 Å². The summed E-state index contributed by atoms with van der Waals surface area (Å²) in [4.78, 5) is 26.8. The normalized spacial score (nSPS) is 23.9. The van der Waals surface area contributed by atoms with Gasteiger partial charge in [-0.15, -0.1) is 0 Å². The Kier molecular flexibility index (Phi) is 6.26. The van der Waals surface area contributed by atoms with E-state index in [9.17, 15) is 9.59 Å². The minimum atomic E-state index is -0.815. The Hall–Kier alpha value is -1.30. The largest absolute Gasteiger partial charge is 0.481 e. The van der Waals surface area contributed by atoms with Gasteiger partial charge in [-0.3, -0.25) is 4.79 Å². The van der Waals surface area contributed by atoms with Gasteiger partial charge in [0.1, 0.15) is 0 Å². The number of likely N-dealkylation sites (tertiary alicyclic amines) is 1. The van der Waals surface area contributed by atoms with Crippen LogP contribution < -0.4 is 5.32 Å². The van der Waals surface area contributed by atoms with Gasteiger partial charge in [-0.25, -0.2) is 4.79 Å². The van der Waals surface area contributed by atoms with E-state index in [1.807, 2.05) is 14.0 Å². The summed E-state index contributed by atoms with van der Waals surface area (Å²) in [5.74, 6) is -1.24. The van der Waals surface area contributed by atoms with Crippen molar-refractivity contribution >= 4 is 12.0 Å². The van der Waals surface area contributed by atoms with E-state index in [-0.39, 0.29) is 11.9 Å². The monoisotopic (exact) mass is 285 g/mol. The molecule has 6 nitrogen and oxygen atoms in total. The van der Waals surface area contributed by atoms with Gasteiger partial charge in [-0.2, -0.15) is 0 Å². The van der Waals surface area contributed by atoms with E-state index in [1.165, 1.54) is 0 Å². The highest BCUT2D eigenvalue weighted by atomic mass is 16.4. The van der Waals surface area contributed by atoms with E-state index in [0.29, 0.717) is 25.7 Å². The van der Waals surface area contributed by atoms with E-state index in [2.05, 4.69) is 24.1 Å². The van der Waals surface area contributed by atoms with Gasteiger partial charge in [-0.1, -0.05) is 13.8 Å². The Morgan fingerprint density at radius 3 is 2.60 bits per heavy atom. The molecule has 1 unspecified atom stereocenters. The maximum absolute atomic E-state index is 12.0. The lowest BCUT2D eigenvalue weighted by atomic mass is 9.99. The highest BCUT2D eigenvalue weighted by Crippen LogP contribution is 2.22. The van der Waals surface area contributed by atoms with Gasteiger partial charge < -0.3 is 20.2 Å². The van der Waals surface area contributed by atoms with Crippen LogP contribution in [0.4, 0.5) is 4.79 Å². The predicted molar refractivity (Wildman–Crippen MR) is 77.6 cm³/mol. The number of hydrogen-bond acceptors (Lipinski definition) is 3. The molecule has 0 aromatic rings. The third-order valence-corrected chi connectivity index (χ3v) is 4.30. The first-order chi connectivity index (χ1) is 9.36. The van der Waals surface area contributed by atoms with E-state index in [4.69, 9.17) is 5.11 Å². The Bertz CT molecular complexity index is 349. The minimum absolute atomic E-state index is 0.0148. The number of aliphatic carboxylic acids is 1. The molecule has 0 aromatic carbocycles. The number of amides is 2. The topological polar surface area (TPSA) is 72.9 Å². The van der Waals surface area contributed by atoms with Gasteiger partial charge in [0.2, 0.25) is 0 Å². The van der Waals surface area contributed by atoms with Crippen molar-refractivity contribution in [2.24, 2.45) is 11.8 Å². The summed E-state index contributed by atoms with van der Waals surface area (Å²) in [5, 5.41) is 11.9. The number of hydrogen-bond donors (Lipinski definition) is 2. The summed E-state index contributed by atoms with van der Waals surface area (Å²) in [7, 11) is 2.04. The van der Waals surface area contributed by atoms with Crippen LogP contribution in [0.25, 0.3) is 0 Å². The summed E-state index contributed by atoms with van der Waals surface area (Å²) in [6.45, 7) is 8.38. The van der Waals surface area contributed by atoms with Crippen LogP contribution in [0.15, 0.2) is 0 Å². The SMILES string of the molecule is CCC(C)N(C)CCNC(=O)N1C[C@@H](C)[C@H](C(=O)O)C1. The Morgan fingerprint density at radius 2 is 2.10 bits per heavy atom. The molecule has 2 amide bonds. The van der Waals surface area contributed by atoms with Gasteiger partial charge >= 0.3 is 12.0 Å². The van der Waals surface area contributed by atoms with Crippen molar-refractivity contribution in [3.63, 3.8) is 0 Å². The average molecular weight is 285 g/mol. The van der Waals surface area contributed by atoms with Crippen LogP contribution in [0.3, 0.4) is 0 Å². The maximum atomic E-state index is 12.0. The summed E-state index contributed by atoms with van der Waals surface area (Å²) < 4.78 is 0. The first-order valence-electron chi connectivity index (χ1n) is 7.32. The third-order valence-electron chi connectivity index (χ3n) is 4.30. The van der Waals surface area contributed by atoms with Crippen LogP contribution in [-0.2, 0) is 4.79 Å². The Balaban J connectivity index is 2.32. The zero-order chi connectivity index (χ0) is 15.3. The number of urea groups is 1.